The van der Waals surface area contributed by atoms with Crippen LogP contribution in [0.1, 0.15) is 46.8 Å². The van der Waals surface area contributed by atoms with Crippen LogP contribution in [0.25, 0.3) is 0 Å². The van der Waals surface area contributed by atoms with Crippen LogP contribution in [0, 0.1) is 6.92 Å². The molecule has 0 spiro atoms. The smallest absolute Gasteiger partial charge is 0.341 e. The van der Waals surface area contributed by atoms with Crippen molar-refractivity contribution in [1.82, 2.24) is 0 Å². The number of aryl methyl sites for hydroxylation is 2. The molecule has 146 valence electrons. The monoisotopic (exact) mass is 393 g/mol. The van der Waals surface area contributed by atoms with Gasteiger partial charge >= 0.3 is 11.9 Å². The lowest BCUT2D eigenvalue weighted by Crippen LogP contribution is -2.22. The summed E-state index contributed by atoms with van der Waals surface area (Å²) in [5.41, 5.74) is 1.23. The second kappa shape index (κ2) is 9.91. The Morgan fingerprint density at radius 1 is 1.22 bits per heavy atom. The topological polar surface area (TPSA) is 94.8 Å². The molecule has 0 saturated heterocycles. The fraction of sp³-hybridized carbons (Fsp3) is 0.421. The van der Waals surface area contributed by atoms with Crippen LogP contribution >= 0.6 is 11.3 Å². The van der Waals surface area contributed by atoms with Crippen LogP contribution in [-0.2, 0) is 31.9 Å². The summed E-state index contributed by atoms with van der Waals surface area (Å²) in [4.78, 5) is 37.1. The van der Waals surface area contributed by atoms with Crippen LogP contribution < -0.4 is 5.32 Å². The maximum absolute atomic E-state index is 12.2. The first-order valence-electron chi connectivity index (χ1n) is 8.73. The lowest BCUT2D eigenvalue weighted by molar-refractivity contribution is -0.147. The highest BCUT2D eigenvalue weighted by molar-refractivity contribution is 7.16. The normalized spacial score (nSPS) is 10.5. The second-order valence-electron chi connectivity index (χ2n) is 5.70. The Labute approximate surface area is 161 Å². The summed E-state index contributed by atoms with van der Waals surface area (Å²) in [6.45, 7) is 5.37. The van der Waals surface area contributed by atoms with Crippen molar-refractivity contribution in [3.63, 3.8) is 0 Å². The molecule has 7 nitrogen and oxygen atoms in total. The molecule has 0 fully saturated rings. The van der Waals surface area contributed by atoms with Crippen molar-refractivity contribution < 1.29 is 28.3 Å². The minimum absolute atomic E-state index is 0.118. The number of hydrogen-bond acceptors (Lipinski definition) is 7. The van der Waals surface area contributed by atoms with Crippen molar-refractivity contribution in [2.75, 3.05) is 18.5 Å². The van der Waals surface area contributed by atoms with Gasteiger partial charge in [-0.25, -0.2) is 4.79 Å². The molecule has 0 unspecified atom stereocenters. The van der Waals surface area contributed by atoms with E-state index in [4.69, 9.17) is 13.9 Å². The van der Waals surface area contributed by atoms with E-state index < -0.39 is 24.5 Å². The summed E-state index contributed by atoms with van der Waals surface area (Å²) < 4.78 is 15.2. The highest BCUT2D eigenvalue weighted by atomic mass is 32.1. The third-order valence-electron chi connectivity index (χ3n) is 3.81. The molecule has 0 aliphatic carbocycles. The number of ether oxygens (including phenoxy) is 2. The molecule has 1 N–H and O–H groups in total. The molecule has 0 aliphatic heterocycles. The molecule has 0 aromatic carbocycles. The highest BCUT2D eigenvalue weighted by Gasteiger charge is 2.23. The zero-order chi connectivity index (χ0) is 19.8. The molecule has 0 aliphatic rings. The summed E-state index contributed by atoms with van der Waals surface area (Å²) in [6.07, 6.45) is 2.70. The van der Waals surface area contributed by atoms with Crippen molar-refractivity contribution in [2.45, 2.75) is 40.0 Å². The third kappa shape index (κ3) is 5.68. The highest BCUT2D eigenvalue weighted by Crippen LogP contribution is 2.34. The molecule has 0 radical (unpaired) electrons. The molecule has 2 aromatic heterocycles. The Morgan fingerprint density at radius 2 is 2.00 bits per heavy atom. The lowest BCUT2D eigenvalue weighted by Gasteiger charge is -2.08. The van der Waals surface area contributed by atoms with Gasteiger partial charge in [-0.1, -0.05) is 6.92 Å². The summed E-state index contributed by atoms with van der Waals surface area (Å²) in [7, 11) is 0. The molecule has 2 aromatic rings. The predicted octanol–water partition coefficient (Wildman–Crippen LogP) is 3.50. The minimum atomic E-state index is -0.504. The molecule has 27 heavy (non-hydrogen) atoms. The van der Waals surface area contributed by atoms with Gasteiger partial charge in [-0.15, -0.1) is 11.3 Å². The van der Waals surface area contributed by atoms with Gasteiger partial charge in [-0.05, 0) is 38.0 Å². The number of amides is 1. The molecule has 8 heteroatoms. The van der Waals surface area contributed by atoms with Crippen LogP contribution in [-0.4, -0.2) is 31.1 Å². The van der Waals surface area contributed by atoms with Gasteiger partial charge in [-0.3, -0.25) is 9.59 Å². The number of thiophene rings is 1. The Bertz CT molecular complexity index is 793. The number of esters is 2. The Morgan fingerprint density at radius 3 is 2.63 bits per heavy atom. The van der Waals surface area contributed by atoms with Gasteiger partial charge in [0.05, 0.1) is 24.9 Å². The van der Waals surface area contributed by atoms with E-state index in [2.05, 4.69) is 5.32 Å². The molecule has 0 bridgehead atoms. The lowest BCUT2D eigenvalue weighted by atomic mass is 10.1. The molecule has 0 atom stereocenters. The SMILES string of the molecule is CCOC(=O)c1c(NC(=O)COC(=O)CCc2ccco2)sc(C)c1CC. The summed E-state index contributed by atoms with van der Waals surface area (Å²) >= 11 is 1.31. The number of furan rings is 1. The van der Waals surface area contributed by atoms with Gasteiger partial charge in [0.25, 0.3) is 5.91 Å². The zero-order valence-electron chi connectivity index (χ0n) is 15.6. The van der Waals surface area contributed by atoms with Crippen LogP contribution in [0.2, 0.25) is 0 Å². The van der Waals surface area contributed by atoms with Gasteiger partial charge in [-0.2, -0.15) is 0 Å². The van der Waals surface area contributed by atoms with Crippen LogP contribution in [0.15, 0.2) is 22.8 Å². The third-order valence-corrected chi connectivity index (χ3v) is 4.88. The first-order chi connectivity index (χ1) is 13.0. The van der Waals surface area contributed by atoms with E-state index in [0.29, 0.717) is 29.2 Å². The van der Waals surface area contributed by atoms with Crippen molar-refractivity contribution in [1.29, 1.82) is 0 Å². The van der Waals surface area contributed by atoms with Gasteiger partial charge in [0, 0.05) is 11.3 Å². The van der Waals surface area contributed by atoms with E-state index in [9.17, 15) is 14.4 Å². The fourth-order valence-corrected chi connectivity index (χ4v) is 3.72. The Hall–Kier alpha value is -2.61. The number of rotatable bonds is 9. The number of carbonyl (C=O) groups excluding carboxylic acids is 3. The van der Waals surface area contributed by atoms with Crippen LogP contribution in [0.4, 0.5) is 5.00 Å². The number of nitrogens with one attached hydrogen (secondary N) is 1. The van der Waals surface area contributed by atoms with Gasteiger partial charge < -0.3 is 19.2 Å². The van der Waals surface area contributed by atoms with Crippen LogP contribution in [0.3, 0.4) is 0 Å². The summed E-state index contributed by atoms with van der Waals surface area (Å²) in [5.74, 6) is -0.791. The van der Waals surface area contributed by atoms with Crippen molar-refractivity contribution in [3.8, 4) is 0 Å². The molecular weight excluding hydrogens is 370 g/mol. The molecule has 2 heterocycles. The van der Waals surface area contributed by atoms with E-state index in [1.54, 1.807) is 19.1 Å². The second-order valence-corrected chi connectivity index (χ2v) is 6.93. The quantitative estimate of drug-likeness (QED) is 0.655. The van der Waals surface area contributed by atoms with E-state index in [1.807, 2.05) is 13.8 Å². The number of anilines is 1. The van der Waals surface area contributed by atoms with E-state index in [0.717, 1.165) is 10.4 Å². The molecule has 0 saturated carbocycles. The largest absolute Gasteiger partial charge is 0.469 e. The van der Waals surface area contributed by atoms with Crippen molar-refractivity contribution in [3.05, 3.63) is 40.2 Å². The first kappa shape index (κ1) is 20.7. The van der Waals surface area contributed by atoms with Gasteiger partial charge in [0.1, 0.15) is 10.8 Å². The average molecular weight is 393 g/mol. The Kier molecular flexibility index (Phi) is 7.60. The van der Waals surface area contributed by atoms with Crippen molar-refractivity contribution >= 4 is 34.2 Å². The fourth-order valence-electron chi connectivity index (χ4n) is 2.57. The predicted molar refractivity (Wildman–Crippen MR) is 101 cm³/mol. The average Bonchev–Trinajstić information content (AvgIpc) is 3.25. The summed E-state index contributed by atoms with van der Waals surface area (Å²) in [5, 5.41) is 3.07. The molecule has 1 amide bonds. The maximum Gasteiger partial charge on any atom is 0.341 e. The number of carbonyl (C=O) groups is 3. The van der Waals surface area contributed by atoms with Gasteiger partial charge in [0.15, 0.2) is 6.61 Å². The van der Waals surface area contributed by atoms with E-state index in [-0.39, 0.29) is 13.0 Å². The molecular formula is C19H23NO6S. The first-order valence-corrected chi connectivity index (χ1v) is 9.55. The zero-order valence-corrected chi connectivity index (χ0v) is 16.4. The van der Waals surface area contributed by atoms with Crippen LogP contribution in [0.5, 0.6) is 0 Å². The van der Waals surface area contributed by atoms with E-state index in [1.165, 1.54) is 17.6 Å². The summed E-state index contributed by atoms with van der Waals surface area (Å²) in [6, 6.07) is 3.50. The van der Waals surface area contributed by atoms with E-state index >= 15 is 0 Å². The Balaban J connectivity index is 1.93. The maximum atomic E-state index is 12.2. The number of hydrogen-bond donors (Lipinski definition) is 1. The minimum Gasteiger partial charge on any atom is -0.469 e. The standard InChI is InChI=1S/C19H23NO6S/c1-4-14-12(3)27-18(17(14)19(23)24-5-2)20-15(21)11-26-16(22)9-8-13-7-6-10-25-13/h6-7,10H,4-5,8-9,11H2,1-3H3,(H,20,21). The van der Waals surface area contributed by atoms with Crippen molar-refractivity contribution in [2.24, 2.45) is 0 Å². The molecule has 2 rings (SSSR count). The van der Waals surface area contributed by atoms with Gasteiger partial charge in [0.2, 0.25) is 0 Å².